The molecular weight excluding hydrogens is 316 g/mol. The molecule has 1 aliphatic rings. The quantitative estimate of drug-likeness (QED) is 0.681. The Kier molecular flexibility index (Phi) is 4.73. The maximum atomic E-state index is 10.8. The van der Waals surface area contributed by atoms with E-state index in [1.807, 2.05) is 24.5 Å². The van der Waals surface area contributed by atoms with Crippen LogP contribution in [0.5, 0.6) is 0 Å². The van der Waals surface area contributed by atoms with E-state index >= 15 is 0 Å². The van der Waals surface area contributed by atoms with Crippen molar-refractivity contribution in [2.45, 2.75) is 6.54 Å². The fourth-order valence-corrected chi connectivity index (χ4v) is 3.19. The predicted octanol–water partition coefficient (Wildman–Crippen LogP) is 1.55. The molecule has 2 heterocycles. The second-order valence-electron chi connectivity index (χ2n) is 5.66. The van der Waals surface area contributed by atoms with Crippen LogP contribution in [0, 0.1) is 10.1 Å². The topological polar surface area (TPSA) is 63.7 Å². The molecule has 1 saturated heterocycles. The third-order valence-electron chi connectivity index (χ3n) is 4.16. The third kappa shape index (κ3) is 3.78. The lowest BCUT2D eigenvalue weighted by Crippen LogP contribution is -3.13. The number of hydrogen-bond donors (Lipinski definition) is 1. The number of aromatic nitrogens is 1. The van der Waals surface area contributed by atoms with E-state index in [1.165, 1.54) is 22.6 Å². The molecule has 1 aromatic carbocycles. The van der Waals surface area contributed by atoms with Crippen LogP contribution in [0.25, 0.3) is 0 Å². The first kappa shape index (κ1) is 15.7. The summed E-state index contributed by atoms with van der Waals surface area (Å²) in [5.74, 6) is 0. The van der Waals surface area contributed by atoms with Crippen LogP contribution in [-0.2, 0) is 6.54 Å². The predicted molar refractivity (Wildman–Crippen MR) is 89.0 cm³/mol. The minimum Gasteiger partial charge on any atom is -0.359 e. The lowest BCUT2D eigenvalue weighted by atomic mass is 10.2. The van der Waals surface area contributed by atoms with E-state index < -0.39 is 4.92 Å². The second-order valence-corrected chi connectivity index (χ2v) is 6.07. The summed E-state index contributed by atoms with van der Waals surface area (Å²) in [5.41, 5.74) is 2.19. The number of nitrogens with zero attached hydrogens (tertiary/aromatic N) is 3. The Balaban J connectivity index is 1.62. The van der Waals surface area contributed by atoms with Crippen molar-refractivity contribution in [1.29, 1.82) is 0 Å². The number of piperazine rings is 1. The van der Waals surface area contributed by atoms with Gasteiger partial charge in [-0.1, -0.05) is 11.6 Å². The van der Waals surface area contributed by atoms with E-state index in [1.54, 1.807) is 6.07 Å². The molecule has 0 unspecified atom stereocenters. The summed E-state index contributed by atoms with van der Waals surface area (Å²) in [4.78, 5) is 18.1. The highest BCUT2D eigenvalue weighted by atomic mass is 35.5. The average molecular weight is 334 g/mol. The molecule has 23 heavy (non-hydrogen) atoms. The summed E-state index contributed by atoms with van der Waals surface area (Å²) in [5, 5.41) is 11.2. The summed E-state index contributed by atoms with van der Waals surface area (Å²) in [6.07, 6.45) is 3.64. The number of nitro benzene ring substituents is 1. The number of pyridine rings is 1. The van der Waals surface area contributed by atoms with Crippen LogP contribution in [0.1, 0.15) is 5.56 Å². The van der Waals surface area contributed by atoms with Gasteiger partial charge in [-0.15, -0.1) is 0 Å². The molecule has 1 fully saturated rings. The Morgan fingerprint density at radius 2 is 1.91 bits per heavy atom. The van der Waals surface area contributed by atoms with Gasteiger partial charge in [0.2, 0.25) is 0 Å². The van der Waals surface area contributed by atoms with Crippen molar-refractivity contribution in [2.75, 3.05) is 31.1 Å². The van der Waals surface area contributed by atoms with Gasteiger partial charge in [0.25, 0.3) is 5.69 Å². The van der Waals surface area contributed by atoms with E-state index in [-0.39, 0.29) is 5.69 Å². The first-order chi connectivity index (χ1) is 11.1. The Labute approximate surface area is 139 Å². The van der Waals surface area contributed by atoms with Crippen molar-refractivity contribution in [3.05, 3.63) is 63.4 Å². The van der Waals surface area contributed by atoms with E-state index in [0.717, 1.165) is 38.4 Å². The van der Waals surface area contributed by atoms with E-state index in [9.17, 15) is 10.1 Å². The molecule has 6 nitrogen and oxygen atoms in total. The second kappa shape index (κ2) is 6.93. The van der Waals surface area contributed by atoms with Gasteiger partial charge < -0.3 is 9.80 Å². The lowest BCUT2D eigenvalue weighted by molar-refractivity contribution is -0.914. The molecule has 0 aliphatic carbocycles. The number of quaternary nitrogens is 1. The van der Waals surface area contributed by atoms with Crippen molar-refractivity contribution in [3.8, 4) is 0 Å². The van der Waals surface area contributed by atoms with E-state index in [2.05, 4.69) is 9.88 Å². The highest BCUT2D eigenvalue weighted by Crippen LogP contribution is 2.29. The number of rotatable bonds is 4. The van der Waals surface area contributed by atoms with Gasteiger partial charge in [-0.25, -0.2) is 0 Å². The van der Waals surface area contributed by atoms with E-state index in [4.69, 9.17) is 11.6 Å². The summed E-state index contributed by atoms with van der Waals surface area (Å²) >= 11 is 6.21. The van der Waals surface area contributed by atoms with Crippen LogP contribution >= 0.6 is 11.6 Å². The zero-order valence-electron chi connectivity index (χ0n) is 12.6. The van der Waals surface area contributed by atoms with Crippen LogP contribution in [0.3, 0.4) is 0 Å². The van der Waals surface area contributed by atoms with E-state index in [0.29, 0.717) is 5.02 Å². The fraction of sp³-hybridized carbons (Fsp3) is 0.312. The van der Waals surface area contributed by atoms with Crippen molar-refractivity contribution < 1.29 is 9.82 Å². The Hall–Kier alpha value is -2.18. The van der Waals surface area contributed by atoms with Gasteiger partial charge in [-0.3, -0.25) is 15.1 Å². The minimum absolute atomic E-state index is 0.0284. The normalized spacial score (nSPS) is 15.6. The molecule has 0 amide bonds. The Morgan fingerprint density at radius 3 is 2.52 bits per heavy atom. The fourth-order valence-electron chi connectivity index (χ4n) is 2.90. The molecule has 1 aromatic heterocycles. The molecule has 2 aromatic rings. The highest BCUT2D eigenvalue weighted by Gasteiger charge is 2.22. The molecular formula is C16H18ClN4O2+. The monoisotopic (exact) mass is 333 g/mol. The van der Waals surface area contributed by atoms with Crippen molar-refractivity contribution in [1.82, 2.24) is 4.98 Å². The van der Waals surface area contributed by atoms with Crippen molar-refractivity contribution in [2.24, 2.45) is 0 Å². The highest BCUT2D eigenvalue weighted by molar-refractivity contribution is 6.33. The van der Waals surface area contributed by atoms with Gasteiger partial charge in [-0.05, 0) is 18.2 Å². The SMILES string of the molecule is O=[N+]([O-])c1ccc(N2CC[NH+](Cc3ccncc3)CC2)c(Cl)c1. The molecule has 3 rings (SSSR count). The number of anilines is 1. The Morgan fingerprint density at radius 1 is 1.22 bits per heavy atom. The van der Waals surface area contributed by atoms with Crippen molar-refractivity contribution in [3.63, 3.8) is 0 Å². The molecule has 1 aliphatic heterocycles. The molecule has 1 N–H and O–H groups in total. The maximum Gasteiger partial charge on any atom is 0.271 e. The minimum atomic E-state index is -0.424. The molecule has 0 bridgehead atoms. The molecule has 0 saturated carbocycles. The van der Waals surface area contributed by atoms with Gasteiger partial charge in [0.15, 0.2) is 0 Å². The zero-order chi connectivity index (χ0) is 16.2. The number of hydrogen-bond acceptors (Lipinski definition) is 4. The van der Waals surface area contributed by atoms with Crippen LogP contribution in [0.2, 0.25) is 5.02 Å². The number of non-ortho nitro benzene ring substituents is 1. The molecule has 0 spiro atoms. The number of nitrogens with one attached hydrogen (secondary N) is 1. The summed E-state index contributed by atoms with van der Waals surface area (Å²) < 4.78 is 0. The van der Waals surface area contributed by atoms with Gasteiger partial charge >= 0.3 is 0 Å². The number of nitro groups is 1. The number of halogens is 1. The number of benzene rings is 1. The largest absolute Gasteiger partial charge is 0.359 e. The summed E-state index contributed by atoms with van der Waals surface area (Å²) in [7, 11) is 0. The molecule has 120 valence electrons. The van der Waals surface area contributed by atoms with Gasteiger partial charge in [-0.2, -0.15) is 0 Å². The molecule has 0 atom stereocenters. The standard InChI is InChI=1S/C16H17ClN4O2/c17-15-11-14(21(22)23)1-2-16(15)20-9-7-19(8-10-20)12-13-3-5-18-6-4-13/h1-6,11H,7-10,12H2/p+1. The van der Waals surface area contributed by atoms with Gasteiger partial charge in [0.05, 0.1) is 41.8 Å². The lowest BCUT2D eigenvalue weighted by Gasteiger charge is -2.34. The van der Waals surface area contributed by atoms with Crippen molar-refractivity contribution >= 4 is 23.0 Å². The maximum absolute atomic E-state index is 10.8. The molecule has 7 heteroatoms. The summed E-state index contributed by atoms with van der Waals surface area (Å²) in [6, 6.07) is 8.78. The average Bonchev–Trinajstić information content (AvgIpc) is 2.56. The van der Waals surface area contributed by atoms with Crippen LogP contribution in [0.4, 0.5) is 11.4 Å². The summed E-state index contributed by atoms with van der Waals surface area (Å²) in [6.45, 7) is 4.78. The van der Waals surface area contributed by atoms with Crippen LogP contribution < -0.4 is 9.80 Å². The third-order valence-corrected chi connectivity index (χ3v) is 4.46. The van der Waals surface area contributed by atoms with Gasteiger partial charge in [0, 0.05) is 30.1 Å². The zero-order valence-corrected chi connectivity index (χ0v) is 13.4. The Bertz CT molecular complexity index is 688. The first-order valence-electron chi connectivity index (χ1n) is 7.55. The van der Waals surface area contributed by atoms with Crippen LogP contribution in [-0.4, -0.2) is 36.1 Å². The first-order valence-corrected chi connectivity index (χ1v) is 7.92. The smallest absolute Gasteiger partial charge is 0.271 e. The van der Waals surface area contributed by atoms with Crippen LogP contribution in [0.15, 0.2) is 42.7 Å². The van der Waals surface area contributed by atoms with Gasteiger partial charge in [0.1, 0.15) is 6.54 Å². The molecule has 0 radical (unpaired) electrons.